The number of ether oxygens (including phenoxy) is 1. The van der Waals surface area contributed by atoms with E-state index in [1.807, 2.05) is 54.8 Å². The lowest BCUT2D eigenvalue weighted by molar-refractivity contribution is -0.136. The van der Waals surface area contributed by atoms with E-state index >= 15 is 0 Å². The van der Waals surface area contributed by atoms with Gasteiger partial charge in [-0.2, -0.15) is 0 Å². The van der Waals surface area contributed by atoms with Gasteiger partial charge in [-0.3, -0.25) is 9.59 Å². The maximum absolute atomic E-state index is 13.0. The summed E-state index contributed by atoms with van der Waals surface area (Å²) < 4.78 is 5.16. The van der Waals surface area contributed by atoms with Crippen LogP contribution in [0.2, 0.25) is 0 Å². The summed E-state index contributed by atoms with van der Waals surface area (Å²) in [6, 6.07) is 7.81. The Labute approximate surface area is 144 Å². The van der Waals surface area contributed by atoms with Crippen molar-refractivity contribution in [2.24, 2.45) is 5.92 Å². The molecule has 2 amide bonds. The lowest BCUT2D eigenvalue weighted by atomic mass is 9.89. The predicted molar refractivity (Wildman–Crippen MR) is 93.5 cm³/mol. The molecular weight excluding hydrogens is 304 g/mol. The van der Waals surface area contributed by atoms with Crippen LogP contribution in [0, 0.1) is 12.8 Å². The van der Waals surface area contributed by atoms with Crippen molar-refractivity contribution >= 4 is 11.8 Å². The molecule has 0 aromatic heterocycles. The van der Waals surface area contributed by atoms with Crippen molar-refractivity contribution in [2.75, 3.05) is 33.4 Å². The minimum absolute atomic E-state index is 0.0332. The molecule has 0 spiro atoms. The van der Waals surface area contributed by atoms with Crippen LogP contribution in [0.5, 0.6) is 0 Å². The van der Waals surface area contributed by atoms with Crippen LogP contribution in [0.15, 0.2) is 24.3 Å². The van der Waals surface area contributed by atoms with E-state index in [1.54, 1.807) is 7.11 Å². The molecule has 1 saturated heterocycles. The summed E-state index contributed by atoms with van der Waals surface area (Å²) >= 11 is 0. The summed E-state index contributed by atoms with van der Waals surface area (Å²) in [6.45, 7) is 8.30. The summed E-state index contributed by atoms with van der Waals surface area (Å²) in [4.78, 5) is 29.2. The Balaban J connectivity index is 2.40. The Morgan fingerprint density at radius 2 is 1.96 bits per heavy atom. The van der Waals surface area contributed by atoms with Gasteiger partial charge in [0, 0.05) is 33.2 Å². The van der Waals surface area contributed by atoms with Gasteiger partial charge < -0.3 is 14.5 Å². The van der Waals surface area contributed by atoms with Crippen LogP contribution >= 0.6 is 0 Å². The third-order valence-electron chi connectivity index (χ3n) is 4.87. The first-order valence-electron chi connectivity index (χ1n) is 8.67. The number of amides is 2. The van der Waals surface area contributed by atoms with Crippen molar-refractivity contribution in [3.63, 3.8) is 0 Å². The number of nitrogens with zero attached hydrogens (tertiary/aromatic N) is 2. The highest BCUT2D eigenvalue weighted by molar-refractivity contribution is 5.90. The highest BCUT2D eigenvalue weighted by atomic mass is 16.5. The smallest absolute Gasteiger partial charge is 0.228 e. The van der Waals surface area contributed by atoms with Gasteiger partial charge in [0.2, 0.25) is 11.8 Å². The molecule has 132 valence electrons. The highest BCUT2D eigenvalue weighted by Crippen LogP contribution is 2.40. The van der Waals surface area contributed by atoms with Gasteiger partial charge in [-0.25, -0.2) is 0 Å². The number of rotatable bonds is 7. The normalized spacial score (nSPS) is 20.5. The number of carbonyl (C=O) groups excluding carboxylic acids is 2. The average Bonchev–Trinajstić information content (AvgIpc) is 2.90. The molecule has 0 N–H and O–H groups in total. The molecule has 5 nitrogen and oxygen atoms in total. The van der Waals surface area contributed by atoms with Gasteiger partial charge in [0.1, 0.15) is 0 Å². The fourth-order valence-electron chi connectivity index (χ4n) is 3.54. The van der Waals surface area contributed by atoms with E-state index in [9.17, 15) is 9.59 Å². The van der Waals surface area contributed by atoms with Gasteiger partial charge >= 0.3 is 0 Å². The lowest BCUT2D eigenvalue weighted by Gasteiger charge is -2.31. The maximum atomic E-state index is 13.0. The minimum Gasteiger partial charge on any atom is -0.383 e. The first-order valence-corrected chi connectivity index (χ1v) is 8.67. The van der Waals surface area contributed by atoms with Gasteiger partial charge in [0.05, 0.1) is 18.6 Å². The Bertz CT molecular complexity index is 584. The molecule has 0 unspecified atom stereocenters. The van der Waals surface area contributed by atoms with E-state index < -0.39 is 0 Å². The van der Waals surface area contributed by atoms with Crippen LogP contribution < -0.4 is 0 Å². The summed E-state index contributed by atoms with van der Waals surface area (Å²) in [5, 5.41) is 0. The molecule has 1 fully saturated rings. The Morgan fingerprint density at radius 3 is 2.54 bits per heavy atom. The predicted octanol–water partition coefficient (Wildman–Crippen LogP) is 2.40. The Kier molecular flexibility index (Phi) is 6.37. The Hall–Kier alpha value is -1.88. The molecule has 24 heavy (non-hydrogen) atoms. The first-order chi connectivity index (χ1) is 11.5. The number of carbonyl (C=O) groups is 2. The van der Waals surface area contributed by atoms with Crippen LogP contribution in [-0.2, 0) is 14.3 Å². The van der Waals surface area contributed by atoms with E-state index in [0.29, 0.717) is 26.2 Å². The van der Waals surface area contributed by atoms with E-state index in [1.165, 1.54) is 0 Å². The molecule has 0 aliphatic carbocycles. The van der Waals surface area contributed by atoms with E-state index in [0.717, 1.165) is 11.1 Å². The molecular formula is C19H28N2O3. The van der Waals surface area contributed by atoms with E-state index in [4.69, 9.17) is 4.74 Å². The average molecular weight is 332 g/mol. The first kappa shape index (κ1) is 18.5. The SMILES string of the molecule is CCN(CC)C(=O)[C@@H]1CC(=O)N(CCOC)[C@H]1c1ccccc1C. The van der Waals surface area contributed by atoms with Gasteiger partial charge in [-0.1, -0.05) is 24.3 Å². The molecule has 0 radical (unpaired) electrons. The van der Waals surface area contributed by atoms with Gasteiger partial charge in [0.15, 0.2) is 0 Å². The standard InChI is InChI=1S/C19H28N2O3/c1-5-20(6-2)19(23)16-13-17(22)21(11-12-24-4)18(16)15-10-8-7-9-14(15)3/h7-10,16,18H,5-6,11-13H2,1-4H3/t16-,18+/m1/s1. The Morgan fingerprint density at radius 1 is 1.29 bits per heavy atom. The molecule has 1 aliphatic heterocycles. The van der Waals surface area contributed by atoms with Crippen LogP contribution in [0.4, 0.5) is 0 Å². The summed E-state index contributed by atoms with van der Waals surface area (Å²) in [5.74, 6) is -0.220. The monoisotopic (exact) mass is 332 g/mol. The second-order valence-electron chi connectivity index (χ2n) is 6.20. The quantitative estimate of drug-likeness (QED) is 0.770. The van der Waals surface area contributed by atoms with Crippen LogP contribution in [0.25, 0.3) is 0 Å². The van der Waals surface area contributed by atoms with Crippen LogP contribution in [0.1, 0.15) is 37.4 Å². The molecule has 2 atom stereocenters. The highest BCUT2D eigenvalue weighted by Gasteiger charge is 2.45. The van der Waals surface area contributed by atoms with Crippen LogP contribution in [-0.4, -0.2) is 55.0 Å². The third kappa shape index (κ3) is 3.61. The van der Waals surface area contributed by atoms with Crippen molar-refractivity contribution in [1.82, 2.24) is 9.80 Å². The zero-order valence-corrected chi connectivity index (χ0v) is 15.1. The molecule has 1 aromatic carbocycles. The molecule has 1 aromatic rings. The second kappa shape index (κ2) is 8.29. The van der Waals surface area contributed by atoms with E-state index in [-0.39, 0.29) is 30.2 Å². The number of benzene rings is 1. The van der Waals surface area contributed by atoms with Crippen molar-refractivity contribution in [3.05, 3.63) is 35.4 Å². The summed E-state index contributed by atoms with van der Waals surface area (Å²) in [6.07, 6.45) is 0.276. The molecule has 5 heteroatoms. The van der Waals surface area contributed by atoms with Crippen LogP contribution in [0.3, 0.4) is 0 Å². The fraction of sp³-hybridized carbons (Fsp3) is 0.579. The zero-order valence-electron chi connectivity index (χ0n) is 15.1. The maximum Gasteiger partial charge on any atom is 0.228 e. The largest absolute Gasteiger partial charge is 0.383 e. The molecule has 1 aliphatic rings. The molecule has 0 saturated carbocycles. The summed E-state index contributed by atoms with van der Waals surface area (Å²) in [5.41, 5.74) is 2.17. The number of methoxy groups -OCH3 is 1. The number of aryl methyl sites for hydroxylation is 1. The molecule has 0 bridgehead atoms. The molecule has 1 heterocycles. The van der Waals surface area contributed by atoms with Gasteiger partial charge in [-0.15, -0.1) is 0 Å². The van der Waals surface area contributed by atoms with Crippen molar-refractivity contribution in [1.29, 1.82) is 0 Å². The lowest BCUT2D eigenvalue weighted by Crippen LogP contribution is -2.39. The summed E-state index contributed by atoms with van der Waals surface area (Å²) in [7, 11) is 1.63. The number of hydrogen-bond acceptors (Lipinski definition) is 3. The van der Waals surface area contributed by atoms with Gasteiger partial charge in [0.25, 0.3) is 0 Å². The number of hydrogen-bond donors (Lipinski definition) is 0. The number of likely N-dealkylation sites (tertiary alicyclic amines) is 1. The topological polar surface area (TPSA) is 49.9 Å². The molecule has 2 rings (SSSR count). The zero-order chi connectivity index (χ0) is 17.7. The second-order valence-corrected chi connectivity index (χ2v) is 6.20. The van der Waals surface area contributed by atoms with Gasteiger partial charge in [-0.05, 0) is 31.9 Å². The van der Waals surface area contributed by atoms with Crippen molar-refractivity contribution in [3.8, 4) is 0 Å². The fourth-order valence-corrected chi connectivity index (χ4v) is 3.54. The van der Waals surface area contributed by atoms with E-state index in [2.05, 4.69) is 0 Å². The van der Waals surface area contributed by atoms with Crippen molar-refractivity contribution < 1.29 is 14.3 Å². The van der Waals surface area contributed by atoms with Crippen molar-refractivity contribution in [2.45, 2.75) is 33.2 Å². The third-order valence-corrected chi connectivity index (χ3v) is 4.87. The minimum atomic E-state index is -0.324.